The standard InChI is InChI=1S/C22H19N.C7H8.C2H6/c1-16-17(2)23(22-11-7-6-10-21(16)22)20-14-12-19(13-15-20)18-8-4-3-5-9-18;1-7-5-3-2-4-6-7;1-2/h3-15H,1-2H3;2-6H,1H3;1-2H3. The maximum absolute atomic E-state index is 2.35. The lowest BCUT2D eigenvalue weighted by molar-refractivity contribution is 1.04. The van der Waals surface area contributed by atoms with Gasteiger partial charge in [-0.15, -0.1) is 0 Å². The molecule has 0 unspecified atom stereocenters. The molecule has 0 N–H and O–H groups in total. The Labute approximate surface area is 193 Å². The number of fused-ring (bicyclic) bond motifs is 1. The average molecular weight is 420 g/mol. The average Bonchev–Trinajstić information content (AvgIpc) is 3.12. The summed E-state index contributed by atoms with van der Waals surface area (Å²) in [6.45, 7) is 10.5. The summed E-state index contributed by atoms with van der Waals surface area (Å²) in [5.74, 6) is 0. The molecule has 0 aliphatic carbocycles. The van der Waals surface area contributed by atoms with Crippen LogP contribution in [0.4, 0.5) is 0 Å². The number of rotatable bonds is 2. The van der Waals surface area contributed by atoms with Crippen LogP contribution >= 0.6 is 0 Å². The van der Waals surface area contributed by atoms with Crippen molar-refractivity contribution in [3.8, 4) is 16.8 Å². The van der Waals surface area contributed by atoms with Crippen LogP contribution in [0, 0.1) is 20.8 Å². The van der Waals surface area contributed by atoms with Gasteiger partial charge in [-0.05, 0) is 55.7 Å². The van der Waals surface area contributed by atoms with Gasteiger partial charge in [-0.1, -0.05) is 110 Å². The fourth-order valence-corrected chi connectivity index (χ4v) is 3.83. The predicted molar refractivity (Wildman–Crippen MR) is 141 cm³/mol. The molecule has 5 rings (SSSR count). The molecule has 1 heteroatoms. The van der Waals surface area contributed by atoms with E-state index >= 15 is 0 Å². The van der Waals surface area contributed by atoms with E-state index in [-0.39, 0.29) is 0 Å². The van der Waals surface area contributed by atoms with Crippen LogP contribution in [0.25, 0.3) is 27.7 Å². The first kappa shape index (κ1) is 23.1. The summed E-state index contributed by atoms with van der Waals surface area (Å²) in [4.78, 5) is 0. The first-order valence-corrected chi connectivity index (χ1v) is 11.4. The van der Waals surface area contributed by atoms with Crippen molar-refractivity contribution in [3.63, 3.8) is 0 Å². The van der Waals surface area contributed by atoms with E-state index < -0.39 is 0 Å². The minimum atomic E-state index is 1.21. The molecular weight excluding hydrogens is 386 g/mol. The second-order valence-electron chi connectivity index (χ2n) is 7.63. The van der Waals surface area contributed by atoms with Crippen molar-refractivity contribution < 1.29 is 0 Å². The normalized spacial score (nSPS) is 10.0. The largest absolute Gasteiger partial charge is 0.314 e. The van der Waals surface area contributed by atoms with Crippen molar-refractivity contribution in [1.29, 1.82) is 0 Å². The maximum Gasteiger partial charge on any atom is 0.0534 e. The molecular formula is C31H33N. The number of aromatic nitrogens is 1. The zero-order chi connectivity index (χ0) is 22.9. The van der Waals surface area contributed by atoms with Gasteiger partial charge >= 0.3 is 0 Å². The van der Waals surface area contributed by atoms with Gasteiger partial charge in [0.1, 0.15) is 0 Å². The Morgan fingerprint density at radius 1 is 0.500 bits per heavy atom. The van der Waals surface area contributed by atoms with Crippen LogP contribution in [-0.2, 0) is 0 Å². The van der Waals surface area contributed by atoms with Crippen LogP contribution in [0.3, 0.4) is 0 Å². The summed E-state index contributed by atoms with van der Waals surface area (Å²) in [6, 6.07) is 38.2. The number of nitrogens with zero attached hydrogens (tertiary/aromatic N) is 1. The molecule has 0 atom stereocenters. The molecule has 0 radical (unpaired) electrons. The van der Waals surface area contributed by atoms with Crippen molar-refractivity contribution in [3.05, 3.63) is 126 Å². The van der Waals surface area contributed by atoms with Crippen molar-refractivity contribution in [2.75, 3.05) is 0 Å². The van der Waals surface area contributed by atoms with Crippen LogP contribution in [0.5, 0.6) is 0 Å². The van der Waals surface area contributed by atoms with E-state index in [1.54, 1.807) is 0 Å². The molecule has 0 saturated carbocycles. The van der Waals surface area contributed by atoms with Gasteiger partial charge in [-0.25, -0.2) is 0 Å². The van der Waals surface area contributed by atoms with E-state index in [4.69, 9.17) is 0 Å². The summed E-state index contributed by atoms with van der Waals surface area (Å²) in [5, 5.41) is 1.33. The zero-order valence-electron chi connectivity index (χ0n) is 19.8. The predicted octanol–water partition coefficient (Wildman–Crippen LogP) is 8.94. The quantitative estimate of drug-likeness (QED) is 0.269. The Morgan fingerprint density at radius 2 is 1.00 bits per heavy atom. The SMILES string of the molecule is CC.Cc1c(C)n(-c2ccc(-c3ccccc3)cc2)c2ccccc12.Cc1ccccc1. The molecule has 0 bridgehead atoms. The van der Waals surface area contributed by atoms with Crippen LogP contribution in [0.15, 0.2) is 109 Å². The van der Waals surface area contributed by atoms with E-state index in [1.165, 1.54) is 44.5 Å². The maximum atomic E-state index is 2.35. The molecule has 0 amide bonds. The molecule has 0 saturated heterocycles. The number of hydrogen-bond acceptors (Lipinski definition) is 0. The van der Waals surface area contributed by atoms with Crippen molar-refractivity contribution in [1.82, 2.24) is 4.57 Å². The lowest BCUT2D eigenvalue weighted by Crippen LogP contribution is -1.96. The van der Waals surface area contributed by atoms with Crippen LogP contribution in [-0.4, -0.2) is 4.57 Å². The highest BCUT2D eigenvalue weighted by atomic mass is 15.0. The third-order valence-electron chi connectivity index (χ3n) is 5.60. The lowest BCUT2D eigenvalue weighted by atomic mass is 10.1. The van der Waals surface area contributed by atoms with Crippen LogP contribution < -0.4 is 0 Å². The van der Waals surface area contributed by atoms with Gasteiger partial charge in [0, 0.05) is 16.8 Å². The Kier molecular flexibility index (Phi) is 8.05. The topological polar surface area (TPSA) is 4.93 Å². The minimum Gasteiger partial charge on any atom is -0.314 e. The molecule has 32 heavy (non-hydrogen) atoms. The highest BCUT2D eigenvalue weighted by Crippen LogP contribution is 2.29. The molecule has 1 nitrogen and oxygen atoms in total. The molecule has 5 aromatic rings. The highest BCUT2D eigenvalue weighted by Gasteiger charge is 2.11. The fourth-order valence-electron chi connectivity index (χ4n) is 3.83. The van der Waals surface area contributed by atoms with E-state index in [9.17, 15) is 0 Å². The first-order chi connectivity index (χ1) is 15.6. The van der Waals surface area contributed by atoms with E-state index in [0.717, 1.165) is 0 Å². The number of para-hydroxylation sites is 1. The molecule has 0 aliphatic rings. The van der Waals surface area contributed by atoms with Gasteiger partial charge < -0.3 is 4.57 Å². The lowest BCUT2D eigenvalue weighted by Gasteiger charge is -2.10. The second-order valence-corrected chi connectivity index (χ2v) is 7.63. The van der Waals surface area contributed by atoms with Gasteiger partial charge in [-0.2, -0.15) is 0 Å². The van der Waals surface area contributed by atoms with Gasteiger partial charge in [0.05, 0.1) is 5.52 Å². The molecule has 1 heterocycles. The van der Waals surface area contributed by atoms with Gasteiger partial charge in [0.15, 0.2) is 0 Å². The number of benzene rings is 4. The van der Waals surface area contributed by atoms with Gasteiger partial charge in [0.2, 0.25) is 0 Å². The molecule has 162 valence electrons. The first-order valence-electron chi connectivity index (χ1n) is 11.4. The molecule has 0 aliphatic heterocycles. The summed E-state index contributed by atoms with van der Waals surface area (Å²) in [6.07, 6.45) is 0. The minimum absolute atomic E-state index is 1.21. The highest BCUT2D eigenvalue weighted by molar-refractivity contribution is 5.87. The van der Waals surface area contributed by atoms with Crippen molar-refractivity contribution in [2.45, 2.75) is 34.6 Å². The van der Waals surface area contributed by atoms with E-state index in [0.29, 0.717) is 0 Å². The molecule has 4 aromatic carbocycles. The van der Waals surface area contributed by atoms with Crippen molar-refractivity contribution >= 4 is 10.9 Å². The Balaban J connectivity index is 0.000000272. The Hall–Kier alpha value is -3.58. The van der Waals surface area contributed by atoms with Crippen LogP contribution in [0.1, 0.15) is 30.7 Å². The molecule has 0 spiro atoms. The summed E-state index contributed by atoms with van der Waals surface area (Å²) >= 11 is 0. The second kappa shape index (κ2) is 11.2. The van der Waals surface area contributed by atoms with Gasteiger partial charge in [-0.3, -0.25) is 0 Å². The monoisotopic (exact) mass is 419 g/mol. The van der Waals surface area contributed by atoms with Crippen LogP contribution in [0.2, 0.25) is 0 Å². The van der Waals surface area contributed by atoms with Crippen molar-refractivity contribution in [2.24, 2.45) is 0 Å². The molecule has 0 fully saturated rings. The van der Waals surface area contributed by atoms with Gasteiger partial charge in [0.25, 0.3) is 0 Å². The summed E-state index contributed by atoms with van der Waals surface area (Å²) in [7, 11) is 0. The molecule has 1 aromatic heterocycles. The van der Waals surface area contributed by atoms with E-state index in [2.05, 4.69) is 116 Å². The number of hydrogen-bond donors (Lipinski definition) is 0. The third-order valence-corrected chi connectivity index (χ3v) is 5.60. The van der Waals surface area contributed by atoms with E-state index in [1.807, 2.05) is 32.0 Å². The Bertz CT molecular complexity index is 1230. The zero-order valence-corrected chi connectivity index (χ0v) is 19.8. The smallest absolute Gasteiger partial charge is 0.0534 e. The fraction of sp³-hybridized carbons (Fsp3) is 0.161. The Morgan fingerprint density at radius 3 is 1.56 bits per heavy atom. The summed E-state index contributed by atoms with van der Waals surface area (Å²) < 4.78 is 2.35. The summed E-state index contributed by atoms with van der Waals surface area (Å²) in [5.41, 5.74) is 8.97. The third kappa shape index (κ3) is 5.18. The number of aryl methyl sites for hydroxylation is 2.